The number of aliphatic hydroxyl groups is 1. The van der Waals surface area contributed by atoms with Crippen LogP contribution in [0.3, 0.4) is 0 Å². The number of rotatable bonds is 4. The first-order valence-electron chi connectivity index (χ1n) is 7.06. The van der Waals surface area contributed by atoms with Crippen molar-refractivity contribution in [1.82, 2.24) is 0 Å². The molecule has 0 amide bonds. The van der Waals surface area contributed by atoms with Crippen LogP contribution in [0.4, 0.5) is 0 Å². The van der Waals surface area contributed by atoms with Crippen molar-refractivity contribution in [1.29, 1.82) is 0 Å². The Morgan fingerprint density at radius 1 is 0.800 bits per heavy atom. The molecule has 0 aliphatic rings. The van der Waals surface area contributed by atoms with E-state index in [0.29, 0.717) is 0 Å². The van der Waals surface area contributed by atoms with E-state index in [1.54, 1.807) is 0 Å². The van der Waals surface area contributed by atoms with E-state index in [2.05, 4.69) is 19.1 Å². The van der Waals surface area contributed by atoms with E-state index in [-0.39, 0.29) is 12.0 Å². The van der Waals surface area contributed by atoms with Gasteiger partial charge in [-0.25, -0.2) is 0 Å². The van der Waals surface area contributed by atoms with Crippen LogP contribution in [0.5, 0.6) is 0 Å². The van der Waals surface area contributed by atoms with Crippen LogP contribution in [-0.2, 0) is 0 Å². The molecule has 0 bridgehead atoms. The minimum atomic E-state index is -0.549. The maximum atomic E-state index is 10.5. The third-order valence-corrected chi connectivity index (χ3v) is 3.95. The molecule has 0 fully saturated rings. The summed E-state index contributed by atoms with van der Waals surface area (Å²) in [5.74, 6) is -0.0413. The van der Waals surface area contributed by atoms with Gasteiger partial charge >= 0.3 is 0 Å². The Hall–Kier alpha value is -1.64. The molecule has 0 aromatic heterocycles. The summed E-state index contributed by atoms with van der Waals surface area (Å²) in [5.41, 5.74) is 10.7. The van der Waals surface area contributed by atoms with Gasteiger partial charge in [0.05, 0.1) is 6.10 Å². The van der Waals surface area contributed by atoms with Crippen molar-refractivity contribution in [2.45, 2.75) is 32.9 Å². The third kappa shape index (κ3) is 3.27. The summed E-state index contributed by atoms with van der Waals surface area (Å²) in [6.07, 6.45) is -0.549. The lowest BCUT2D eigenvalue weighted by atomic mass is 9.87. The van der Waals surface area contributed by atoms with Crippen LogP contribution in [0.1, 0.15) is 41.3 Å². The molecule has 0 heterocycles. The Morgan fingerprint density at radius 3 is 1.65 bits per heavy atom. The zero-order valence-corrected chi connectivity index (χ0v) is 12.4. The van der Waals surface area contributed by atoms with Gasteiger partial charge in [-0.05, 0) is 25.0 Å². The molecule has 2 aromatic carbocycles. The molecule has 20 heavy (non-hydrogen) atoms. The summed E-state index contributed by atoms with van der Waals surface area (Å²) in [5, 5.41) is 10.5. The summed E-state index contributed by atoms with van der Waals surface area (Å²) in [7, 11) is 0. The van der Waals surface area contributed by atoms with E-state index in [9.17, 15) is 5.11 Å². The molecule has 0 aliphatic heterocycles. The largest absolute Gasteiger partial charge is 0.388 e. The van der Waals surface area contributed by atoms with Crippen LogP contribution < -0.4 is 5.73 Å². The molecule has 2 heteroatoms. The zero-order chi connectivity index (χ0) is 14.7. The first-order chi connectivity index (χ1) is 9.49. The van der Waals surface area contributed by atoms with Crippen molar-refractivity contribution in [3.63, 3.8) is 0 Å². The molecule has 2 nitrogen and oxygen atoms in total. The van der Waals surface area contributed by atoms with E-state index in [0.717, 1.165) is 11.1 Å². The SMILES string of the molecule is Cc1ccc([C@@H](O)[C@H](C)[C@@H](N)c2ccc(C)cc2)cc1. The second kappa shape index (κ2) is 6.21. The molecule has 106 valence electrons. The lowest BCUT2D eigenvalue weighted by Gasteiger charge is -2.26. The van der Waals surface area contributed by atoms with Crippen LogP contribution in [0, 0.1) is 19.8 Å². The van der Waals surface area contributed by atoms with Crippen LogP contribution in [-0.4, -0.2) is 5.11 Å². The molecule has 3 atom stereocenters. The van der Waals surface area contributed by atoms with Crippen molar-refractivity contribution in [3.05, 3.63) is 70.8 Å². The number of hydrogen-bond acceptors (Lipinski definition) is 2. The van der Waals surface area contributed by atoms with Crippen molar-refractivity contribution in [2.75, 3.05) is 0 Å². The molecule has 0 saturated carbocycles. The standard InChI is InChI=1S/C18H23NO/c1-12-4-8-15(9-5-12)17(19)14(3)18(20)16-10-6-13(2)7-11-16/h4-11,14,17-18,20H,19H2,1-3H3/t14-,17-,18+/m1/s1. The quantitative estimate of drug-likeness (QED) is 0.889. The highest BCUT2D eigenvalue weighted by Gasteiger charge is 2.23. The lowest BCUT2D eigenvalue weighted by molar-refractivity contribution is 0.103. The Labute approximate surface area is 121 Å². The smallest absolute Gasteiger partial charge is 0.0833 e. The van der Waals surface area contributed by atoms with Gasteiger partial charge in [-0.15, -0.1) is 0 Å². The van der Waals surface area contributed by atoms with Crippen molar-refractivity contribution >= 4 is 0 Å². The highest BCUT2D eigenvalue weighted by molar-refractivity contribution is 5.27. The molecule has 0 aliphatic carbocycles. The van der Waals surface area contributed by atoms with Gasteiger partial charge in [0.25, 0.3) is 0 Å². The third-order valence-electron chi connectivity index (χ3n) is 3.95. The van der Waals surface area contributed by atoms with Gasteiger partial charge in [0.1, 0.15) is 0 Å². The summed E-state index contributed by atoms with van der Waals surface area (Å²) < 4.78 is 0. The van der Waals surface area contributed by atoms with E-state index in [1.807, 2.05) is 50.2 Å². The van der Waals surface area contributed by atoms with Crippen molar-refractivity contribution in [2.24, 2.45) is 11.7 Å². The first-order valence-corrected chi connectivity index (χ1v) is 7.06. The highest BCUT2D eigenvalue weighted by Crippen LogP contribution is 2.31. The average Bonchev–Trinajstić information content (AvgIpc) is 2.46. The molecule has 3 N–H and O–H groups in total. The minimum absolute atomic E-state index is 0.0413. The Morgan fingerprint density at radius 2 is 1.20 bits per heavy atom. The molecule has 2 aromatic rings. The summed E-state index contributed by atoms with van der Waals surface area (Å²) >= 11 is 0. The second-order valence-electron chi connectivity index (χ2n) is 5.65. The predicted molar refractivity (Wildman–Crippen MR) is 83.4 cm³/mol. The predicted octanol–water partition coefficient (Wildman–Crippen LogP) is 3.67. The number of aryl methyl sites for hydroxylation is 2. The van der Waals surface area contributed by atoms with Crippen molar-refractivity contribution < 1.29 is 5.11 Å². The minimum Gasteiger partial charge on any atom is -0.388 e. The highest BCUT2D eigenvalue weighted by atomic mass is 16.3. The molecule has 2 rings (SSSR count). The van der Waals surface area contributed by atoms with Crippen molar-refractivity contribution in [3.8, 4) is 0 Å². The normalized spacial score (nSPS) is 15.7. The number of nitrogens with two attached hydrogens (primary N) is 1. The van der Waals surface area contributed by atoms with E-state index < -0.39 is 6.10 Å². The maximum Gasteiger partial charge on any atom is 0.0833 e. The molecular formula is C18H23NO. The fraction of sp³-hybridized carbons (Fsp3) is 0.333. The van der Waals surface area contributed by atoms with Gasteiger partial charge in [-0.3, -0.25) is 0 Å². The van der Waals surface area contributed by atoms with E-state index >= 15 is 0 Å². The molecule has 0 radical (unpaired) electrons. The molecule has 0 unspecified atom stereocenters. The van der Waals surface area contributed by atoms with Gasteiger partial charge in [-0.2, -0.15) is 0 Å². The van der Waals surface area contributed by atoms with E-state index in [4.69, 9.17) is 5.73 Å². The summed E-state index contributed by atoms with van der Waals surface area (Å²) in [4.78, 5) is 0. The summed E-state index contributed by atoms with van der Waals surface area (Å²) in [6.45, 7) is 6.09. The van der Waals surface area contributed by atoms with Crippen LogP contribution in [0.15, 0.2) is 48.5 Å². The fourth-order valence-electron chi connectivity index (χ4n) is 2.36. The van der Waals surface area contributed by atoms with Gasteiger partial charge in [0.15, 0.2) is 0 Å². The summed E-state index contributed by atoms with van der Waals surface area (Å²) in [6, 6.07) is 16.0. The van der Waals surface area contributed by atoms with Gasteiger partial charge in [0.2, 0.25) is 0 Å². The Kier molecular flexibility index (Phi) is 4.58. The topological polar surface area (TPSA) is 46.2 Å². The van der Waals surface area contributed by atoms with Crippen LogP contribution in [0.25, 0.3) is 0 Å². The Bertz CT molecular complexity index is 493. The number of benzene rings is 2. The monoisotopic (exact) mass is 269 g/mol. The van der Waals surface area contributed by atoms with Gasteiger partial charge in [0, 0.05) is 12.0 Å². The molecule has 0 saturated heterocycles. The molecule has 0 spiro atoms. The molecular weight excluding hydrogens is 246 g/mol. The van der Waals surface area contributed by atoms with Crippen LogP contribution in [0.2, 0.25) is 0 Å². The van der Waals surface area contributed by atoms with E-state index in [1.165, 1.54) is 11.1 Å². The van der Waals surface area contributed by atoms with Gasteiger partial charge < -0.3 is 10.8 Å². The second-order valence-corrected chi connectivity index (χ2v) is 5.65. The fourth-order valence-corrected chi connectivity index (χ4v) is 2.36. The number of aliphatic hydroxyl groups excluding tert-OH is 1. The average molecular weight is 269 g/mol. The first kappa shape index (κ1) is 14.8. The number of hydrogen-bond donors (Lipinski definition) is 2. The zero-order valence-electron chi connectivity index (χ0n) is 12.4. The lowest BCUT2D eigenvalue weighted by Crippen LogP contribution is -2.24. The Balaban J connectivity index is 2.15. The maximum absolute atomic E-state index is 10.5. The van der Waals surface area contributed by atoms with Gasteiger partial charge in [-0.1, -0.05) is 66.6 Å². The van der Waals surface area contributed by atoms with Crippen LogP contribution >= 0.6 is 0 Å².